The normalized spacial score (nSPS) is 10.3. The molecule has 0 unspecified atom stereocenters. The number of rotatable bonds is 2. The molecule has 0 bridgehead atoms. The number of hydrogen-bond acceptors (Lipinski definition) is 2. The maximum atomic E-state index is 13.5. The summed E-state index contributed by atoms with van der Waals surface area (Å²) in [5.41, 5.74) is -0.633. The zero-order chi connectivity index (χ0) is 13.3. The highest BCUT2D eigenvalue weighted by Crippen LogP contribution is 2.29. The molecule has 0 radical (unpaired) electrons. The van der Waals surface area contributed by atoms with E-state index < -0.39 is 17.6 Å². The van der Waals surface area contributed by atoms with Crippen molar-refractivity contribution in [3.05, 3.63) is 53.6 Å². The molecule has 0 aromatic heterocycles. The number of aromatic hydroxyl groups is 1. The van der Waals surface area contributed by atoms with Gasteiger partial charge in [0.05, 0.1) is 11.1 Å². The SMILES string of the molecule is O=C(O)c1cc(O)cc(-c2c(F)cccc2F)c1. The van der Waals surface area contributed by atoms with Crippen molar-refractivity contribution in [2.24, 2.45) is 0 Å². The summed E-state index contributed by atoms with van der Waals surface area (Å²) in [6.45, 7) is 0. The molecule has 0 aliphatic heterocycles. The minimum atomic E-state index is -1.29. The molecule has 92 valence electrons. The van der Waals surface area contributed by atoms with E-state index in [1.54, 1.807) is 0 Å². The second kappa shape index (κ2) is 4.44. The van der Waals surface area contributed by atoms with Crippen LogP contribution in [0.25, 0.3) is 11.1 Å². The van der Waals surface area contributed by atoms with Crippen molar-refractivity contribution >= 4 is 5.97 Å². The molecule has 18 heavy (non-hydrogen) atoms. The van der Waals surface area contributed by atoms with Crippen LogP contribution in [0.4, 0.5) is 8.78 Å². The fraction of sp³-hybridized carbons (Fsp3) is 0. The molecule has 0 aliphatic carbocycles. The van der Waals surface area contributed by atoms with E-state index in [-0.39, 0.29) is 22.4 Å². The van der Waals surface area contributed by atoms with Crippen LogP contribution in [0.1, 0.15) is 10.4 Å². The highest BCUT2D eigenvalue weighted by Gasteiger charge is 2.14. The van der Waals surface area contributed by atoms with E-state index >= 15 is 0 Å². The van der Waals surface area contributed by atoms with Crippen LogP contribution >= 0.6 is 0 Å². The van der Waals surface area contributed by atoms with E-state index in [1.807, 2.05) is 0 Å². The number of carboxylic acids is 1. The van der Waals surface area contributed by atoms with Crippen molar-refractivity contribution in [1.82, 2.24) is 0 Å². The Balaban J connectivity index is 2.68. The summed E-state index contributed by atoms with van der Waals surface area (Å²) in [4.78, 5) is 10.8. The minimum absolute atomic E-state index is 0.0250. The van der Waals surface area contributed by atoms with E-state index in [0.29, 0.717) is 0 Å². The van der Waals surface area contributed by atoms with Crippen LogP contribution in [0, 0.1) is 11.6 Å². The first-order valence-electron chi connectivity index (χ1n) is 5.01. The maximum Gasteiger partial charge on any atom is 0.335 e. The Hall–Kier alpha value is -2.43. The third-order valence-electron chi connectivity index (χ3n) is 2.42. The molecule has 0 spiro atoms. The number of halogens is 2. The molecule has 0 fully saturated rings. The van der Waals surface area contributed by atoms with Crippen molar-refractivity contribution in [2.75, 3.05) is 0 Å². The van der Waals surface area contributed by atoms with Crippen LogP contribution in [-0.4, -0.2) is 16.2 Å². The molecule has 5 heteroatoms. The van der Waals surface area contributed by atoms with Crippen molar-refractivity contribution in [3.63, 3.8) is 0 Å². The Morgan fingerprint density at radius 2 is 1.67 bits per heavy atom. The quantitative estimate of drug-likeness (QED) is 0.861. The van der Waals surface area contributed by atoms with Crippen molar-refractivity contribution in [3.8, 4) is 16.9 Å². The number of phenolic OH excluding ortho intramolecular Hbond substituents is 1. The van der Waals surface area contributed by atoms with Gasteiger partial charge < -0.3 is 10.2 Å². The van der Waals surface area contributed by atoms with Gasteiger partial charge in [-0.1, -0.05) is 6.07 Å². The molecule has 0 saturated heterocycles. The summed E-state index contributed by atoms with van der Waals surface area (Å²) in [6.07, 6.45) is 0. The molecule has 0 saturated carbocycles. The number of hydrogen-bond donors (Lipinski definition) is 2. The van der Waals surface area contributed by atoms with E-state index in [0.717, 1.165) is 30.3 Å². The summed E-state index contributed by atoms with van der Waals surface area (Å²) in [5, 5.41) is 18.2. The lowest BCUT2D eigenvalue weighted by Crippen LogP contribution is -1.97. The first-order chi connectivity index (χ1) is 8.49. The summed E-state index contributed by atoms with van der Waals surface area (Å²) in [7, 11) is 0. The number of carbonyl (C=O) groups is 1. The smallest absolute Gasteiger partial charge is 0.335 e. The zero-order valence-corrected chi connectivity index (χ0v) is 9.02. The van der Waals surface area contributed by atoms with Crippen LogP contribution in [-0.2, 0) is 0 Å². The molecular weight excluding hydrogens is 242 g/mol. The third kappa shape index (κ3) is 2.15. The van der Waals surface area contributed by atoms with E-state index in [1.165, 1.54) is 6.07 Å². The molecule has 0 amide bonds. The van der Waals surface area contributed by atoms with Gasteiger partial charge in [0.15, 0.2) is 0 Å². The first-order valence-corrected chi connectivity index (χ1v) is 5.01. The Morgan fingerprint density at radius 1 is 1.06 bits per heavy atom. The lowest BCUT2D eigenvalue weighted by Gasteiger charge is -2.07. The van der Waals surface area contributed by atoms with Crippen molar-refractivity contribution in [2.45, 2.75) is 0 Å². The molecule has 0 atom stereocenters. The summed E-state index contributed by atoms with van der Waals surface area (Å²) in [6, 6.07) is 6.53. The summed E-state index contributed by atoms with van der Waals surface area (Å²) >= 11 is 0. The van der Waals surface area contributed by atoms with Crippen LogP contribution < -0.4 is 0 Å². The molecule has 2 aromatic rings. The molecule has 0 heterocycles. The van der Waals surface area contributed by atoms with Gasteiger partial charge in [-0.2, -0.15) is 0 Å². The Kier molecular flexibility index (Phi) is 2.97. The average Bonchev–Trinajstić information content (AvgIpc) is 2.28. The standard InChI is InChI=1S/C13H8F2O3/c14-10-2-1-3-11(15)12(10)7-4-8(13(17)18)6-9(16)5-7/h1-6,16H,(H,17,18). The minimum Gasteiger partial charge on any atom is -0.508 e. The van der Waals surface area contributed by atoms with E-state index in [4.69, 9.17) is 5.11 Å². The highest BCUT2D eigenvalue weighted by molar-refractivity contribution is 5.90. The second-order valence-electron chi connectivity index (χ2n) is 3.67. The van der Waals surface area contributed by atoms with Gasteiger partial charge in [-0.05, 0) is 35.9 Å². The van der Waals surface area contributed by atoms with E-state index in [2.05, 4.69) is 0 Å². The molecule has 0 aliphatic rings. The van der Waals surface area contributed by atoms with Gasteiger partial charge in [-0.25, -0.2) is 13.6 Å². The monoisotopic (exact) mass is 250 g/mol. The lowest BCUT2D eigenvalue weighted by atomic mass is 10.0. The Morgan fingerprint density at radius 3 is 2.22 bits per heavy atom. The fourth-order valence-corrected chi connectivity index (χ4v) is 1.65. The average molecular weight is 250 g/mol. The van der Waals surface area contributed by atoms with Gasteiger partial charge in [0.1, 0.15) is 17.4 Å². The number of carboxylic acid groups (broad SMARTS) is 1. The third-order valence-corrected chi connectivity index (χ3v) is 2.42. The summed E-state index contributed by atoms with van der Waals surface area (Å²) in [5.74, 6) is -3.30. The second-order valence-corrected chi connectivity index (χ2v) is 3.67. The molecule has 2 rings (SSSR count). The van der Waals surface area contributed by atoms with Crippen molar-refractivity contribution < 1.29 is 23.8 Å². The van der Waals surface area contributed by atoms with Gasteiger partial charge in [0.25, 0.3) is 0 Å². The Labute approximate surface area is 101 Å². The molecule has 2 aromatic carbocycles. The predicted molar refractivity (Wildman–Crippen MR) is 60.4 cm³/mol. The molecule has 2 N–H and O–H groups in total. The Bertz CT molecular complexity index is 603. The molecular formula is C13H8F2O3. The van der Waals surface area contributed by atoms with E-state index in [9.17, 15) is 18.7 Å². The first kappa shape index (κ1) is 12.0. The summed E-state index contributed by atoms with van der Waals surface area (Å²) < 4.78 is 27.1. The van der Waals surface area contributed by atoms with Crippen molar-refractivity contribution in [1.29, 1.82) is 0 Å². The van der Waals surface area contributed by atoms with Crippen LogP contribution in [0.3, 0.4) is 0 Å². The maximum absolute atomic E-state index is 13.5. The van der Waals surface area contributed by atoms with Gasteiger partial charge in [-0.15, -0.1) is 0 Å². The lowest BCUT2D eigenvalue weighted by molar-refractivity contribution is 0.0696. The predicted octanol–water partition coefficient (Wildman–Crippen LogP) is 3.04. The number of aromatic carboxylic acids is 1. The van der Waals surface area contributed by atoms with Crippen LogP contribution in [0.15, 0.2) is 36.4 Å². The van der Waals surface area contributed by atoms with Crippen LogP contribution in [0.5, 0.6) is 5.75 Å². The number of benzene rings is 2. The largest absolute Gasteiger partial charge is 0.508 e. The van der Waals surface area contributed by atoms with Gasteiger partial charge in [-0.3, -0.25) is 0 Å². The van der Waals surface area contributed by atoms with Crippen LogP contribution in [0.2, 0.25) is 0 Å². The highest BCUT2D eigenvalue weighted by atomic mass is 19.1. The van der Waals surface area contributed by atoms with Gasteiger partial charge in [0.2, 0.25) is 0 Å². The fourth-order valence-electron chi connectivity index (χ4n) is 1.65. The van der Waals surface area contributed by atoms with Gasteiger partial charge >= 0.3 is 5.97 Å². The molecule has 3 nitrogen and oxygen atoms in total. The number of phenols is 1. The topological polar surface area (TPSA) is 57.5 Å². The van der Waals surface area contributed by atoms with Gasteiger partial charge in [0, 0.05) is 0 Å². The zero-order valence-electron chi connectivity index (χ0n) is 9.02.